The fourth-order valence-corrected chi connectivity index (χ4v) is 0.630. The number of aliphatic hydroxyl groups excluding tert-OH is 2. The van der Waals surface area contributed by atoms with Gasteiger partial charge in [-0.1, -0.05) is 5.16 Å². The van der Waals surface area contributed by atoms with Gasteiger partial charge in [-0.2, -0.15) is 0 Å². The molecule has 1 rings (SSSR count). The van der Waals surface area contributed by atoms with E-state index < -0.39 is 6.10 Å². The van der Waals surface area contributed by atoms with E-state index in [1.165, 1.54) is 0 Å². The molecular formula is C6H9NO3. The molecule has 0 fully saturated rings. The summed E-state index contributed by atoms with van der Waals surface area (Å²) in [6, 6.07) is 1.58. The van der Waals surface area contributed by atoms with E-state index in [9.17, 15) is 0 Å². The predicted octanol–water partition coefficient (Wildman–Crippen LogP) is 0.00872. The summed E-state index contributed by atoms with van der Waals surface area (Å²) in [6.07, 6.45) is -0.943. The number of aromatic nitrogens is 1. The highest BCUT2D eigenvalue weighted by atomic mass is 16.5. The molecule has 2 N–H and O–H groups in total. The summed E-state index contributed by atoms with van der Waals surface area (Å²) >= 11 is 0. The van der Waals surface area contributed by atoms with Crippen LogP contribution in [-0.4, -0.2) is 22.0 Å². The van der Waals surface area contributed by atoms with Gasteiger partial charge >= 0.3 is 0 Å². The molecule has 0 aliphatic heterocycles. The summed E-state index contributed by atoms with van der Waals surface area (Å²) in [6.45, 7) is 1.41. The van der Waals surface area contributed by atoms with Gasteiger partial charge in [0, 0.05) is 6.07 Å². The Morgan fingerprint density at radius 1 is 1.80 bits per heavy atom. The lowest BCUT2D eigenvalue weighted by Crippen LogP contribution is -2.00. The summed E-state index contributed by atoms with van der Waals surface area (Å²) in [5, 5.41) is 21.0. The first kappa shape index (κ1) is 7.24. The van der Waals surface area contributed by atoms with Crippen LogP contribution in [0.3, 0.4) is 0 Å². The van der Waals surface area contributed by atoms with Crippen molar-refractivity contribution < 1.29 is 14.7 Å². The van der Waals surface area contributed by atoms with Crippen molar-refractivity contribution in [3.63, 3.8) is 0 Å². The first-order valence-corrected chi connectivity index (χ1v) is 2.96. The summed E-state index contributed by atoms with van der Waals surface area (Å²) in [4.78, 5) is 0. The molecule has 0 aliphatic carbocycles. The third kappa shape index (κ3) is 1.34. The third-order valence-corrected chi connectivity index (χ3v) is 1.15. The summed E-state index contributed by atoms with van der Waals surface area (Å²) < 4.78 is 4.66. The molecule has 0 saturated carbocycles. The molecule has 0 aliphatic rings. The lowest BCUT2D eigenvalue weighted by Gasteiger charge is -1.98. The van der Waals surface area contributed by atoms with Gasteiger partial charge in [0.15, 0.2) is 5.76 Å². The Kier molecular flexibility index (Phi) is 2.03. The van der Waals surface area contributed by atoms with Gasteiger partial charge in [0.1, 0.15) is 6.10 Å². The van der Waals surface area contributed by atoms with Crippen LogP contribution >= 0.6 is 0 Å². The summed E-state index contributed by atoms with van der Waals surface area (Å²) in [5.74, 6) is 0.306. The average molecular weight is 143 g/mol. The van der Waals surface area contributed by atoms with E-state index in [-0.39, 0.29) is 6.61 Å². The highest BCUT2D eigenvalue weighted by Gasteiger charge is 2.10. The summed E-state index contributed by atoms with van der Waals surface area (Å²) in [5.41, 5.74) is 0.697. The van der Waals surface area contributed by atoms with Crippen LogP contribution in [0.25, 0.3) is 0 Å². The zero-order chi connectivity index (χ0) is 7.56. The number of hydrogen-bond donors (Lipinski definition) is 2. The van der Waals surface area contributed by atoms with Crippen molar-refractivity contribution in [3.8, 4) is 0 Å². The SMILES string of the molecule is Cc1cc(C(O)CO)on1. The highest BCUT2D eigenvalue weighted by Crippen LogP contribution is 2.11. The fraction of sp³-hybridized carbons (Fsp3) is 0.500. The third-order valence-electron chi connectivity index (χ3n) is 1.15. The van der Waals surface area contributed by atoms with Crippen LogP contribution < -0.4 is 0 Å². The monoisotopic (exact) mass is 143 g/mol. The average Bonchev–Trinajstić information content (AvgIpc) is 2.34. The van der Waals surface area contributed by atoms with Gasteiger partial charge in [-0.15, -0.1) is 0 Å². The molecule has 1 aromatic heterocycles. The maximum Gasteiger partial charge on any atom is 0.167 e. The molecule has 1 atom stereocenters. The van der Waals surface area contributed by atoms with E-state index in [2.05, 4.69) is 9.68 Å². The second-order valence-corrected chi connectivity index (χ2v) is 2.07. The largest absolute Gasteiger partial charge is 0.393 e. The molecular weight excluding hydrogens is 134 g/mol. The molecule has 1 unspecified atom stereocenters. The molecule has 4 heteroatoms. The van der Waals surface area contributed by atoms with Crippen molar-refractivity contribution >= 4 is 0 Å². The Hall–Kier alpha value is -0.870. The van der Waals surface area contributed by atoms with Crippen LogP contribution in [0.15, 0.2) is 10.6 Å². The minimum absolute atomic E-state index is 0.306. The Labute approximate surface area is 58.1 Å². The van der Waals surface area contributed by atoms with Crippen LogP contribution in [0, 0.1) is 6.92 Å². The van der Waals surface area contributed by atoms with Crippen molar-refractivity contribution in [1.29, 1.82) is 0 Å². The molecule has 0 aromatic carbocycles. The van der Waals surface area contributed by atoms with Crippen molar-refractivity contribution in [3.05, 3.63) is 17.5 Å². The van der Waals surface area contributed by atoms with E-state index in [1.54, 1.807) is 13.0 Å². The Balaban J connectivity index is 2.74. The van der Waals surface area contributed by atoms with Crippen molar-refractivity contribution in [2.75, 3.05) is 6.61 Å². The minimum atomic E-state index is -0.943. The van der Waals surface area contributed by atoms with Gasteiger partial charge in [-0.25, -0.2) is 0 Å². The normalized spacial score (nSPS) is 13.5. The maximum atomic E-state index is 8.96. The fourth-order valence-electron chi connectivity index (χ4n) is 0.630. The number of nitrogens with zero attached hydrogens (tertiary/aromatic N) is 1. The number of aliphatic hydroxyl groups is 2. The van der Waals surface area contributed by atoms with Crippen LogP contribution in [0.5, 0.6) is 0 Å². The molecule has 1 heterocycles. The first-order valence-electron chi connectivity index (χ1n) is 2.96. The Morgan fingerprint density at radius 2 is 2.50 bits per heavy atom. The van der Waals surface area contributed by atoms with Gasteiger partial charge in [-0.05, 0) is 6.92 Å². The van der Waals surface area contributed by atoms with Gasteiger partial charge in [0.05, 0.1) is 12.3 Å². The molecule has 0 saturated heterocycles. The molecule has 4 nitrogen and oxygen atoms in total. The second kappa shape index (κ2) is 2.81. The van der Waals surface area contributed by atoms with Gasteiger partial charge < -0.3 is 14.7 Å². The molecule has 56 valence electrons. The number of hydrogen-bond acceptors (Lipinski definition) is 4. The molecule has 0 amide bonds. The number of aryl methyl sites for hydroxylation is 1. The lowest BCUT2D eigenvalue weighted by atomic mass is 10.3. The van der Waals surface area contributed by atoms with E-state index in [4.69, 9.17) is 10.2 Å². The molecule has 0 radical (unpaired) electrons. The first-order chi connectivity index (χ1) is 4.74. The van der Waals surface area contributed by atoms with Crippen LogP contribution in [0.1, 0.15) is 17.6 Å². The Bertz CT molecular complexity index is 209. The molecule has 0 bridgehead atoms. The second-order valence-electron chi connectivity index (χ2n) is 2.07. The zero-order valence-corrected chi connectivity index (χ0v) is 5.61. The van der Waals surface area contributed by atoms with E-state index in [0.29, 0.717) is 11.5 Å². The van der Waals surface area contributed by atoms with Gasteiger partial charge in [0.2, 0.25) is 0 Å². The van der Waals surface area contributed by atoms with E-state index in [1.807, 2.05) is 0 Å². The topological polar surface area (TPSA) is 66.5 Å². The smallest absolute Gasteiger partial charge is 0.167 e. The van der Waals surface area contributed by atoms with Crippen LogP contribution in [0.4, 0.5) is 0 Å². The summed E-state index contributed by atoms with van der Waals surface area (Å²) in [7, 11) is 0. The van der Waals surface area contributed by atoms with Crippen LogP contribution in [-0.2, 0) is 0 Å². The van der Waals surface area contributed by atoms with Crippen molar-refractivity contribution in [2.24, 2.45) is 0 Å². The maximum absolute atomic E-state index is 8.96. The van der Waals surface area contributed by atoms with E-state index >= 15 is 0 Å². The van der Waals surface area contributed by atoms with Gasteiger partial charge in [0.25, 0.3) is 0 Å². The molecule has 1 aromatic rings. The standard InChI is InChI=1S/C6H9NO3/c1-4-2-6(10-7-4)5(9)3-8/h2,5,8-9H,3H2,1H3. The number of rotatable bonds is 2. The van der Waals surface area contributed by atoms with E-state index in [0.717, 1.165) is 0 Å². The molecule has 0 spiro atoms. The predicted molar refractivity (Wildman–Crippen MR) is 33.3 cm³/mol. The Morgan fingerprint density at radius 3 is 2.90 bits per heavy atom. The molecule has 10 heavy (non-hydrogen) atoms. The highest BCUT2D eigenvalue weighted by molar-refractivity contribution is 5.05. The van der Waals surface area contributed by atoms with Crippen molar-refractivity contribution in [1.82, 2.24) is 5.16 Å². The van der Waals surface area contributed by atoms with Crippen LogP contribution in [0.2, 0.25) is 0 Å². The zero-order valence-electron chi connectivity index (χ0n) is 5.61. The van der Waals surface area contributed by atoms with Crippen molar-refractivity contribution in [2.45, 2.75) is 13.0 Å². The quantitative estimate of drug-likeness (QED) is 0.612. The minimum Gasteiger partial charge on any atom is -0.393 e. The van der Waals surface area contributed by atoms with Gasteiger partial charge in [-0.3, -0.25) is 0 Å². The lowest BCUT2D eigenvalue weighted by molar-refractivity contribution is 0.0720.